The molecule has 0 aromatic heterocycles. The number of rotatable bonds is 4. The third-order valence-corrected chi connectivity index (χ3v) is 4.29. The fraction of sp³-hybridized carbons (Fsp3) is 1.00. The molecular formula is C14H28N2O. The molecule has 2 aliphatic rings. The van der Waals surface area contributed by atoms with Gasteiger partial charge >= 0.3 is 0 Å². The molecule has 0 aromatic carbocycles. The highest BCUT2D eigenvalue weighted by Crippen LogP contribution is 2.23. The second-order valence-electron chi connectivity index (χ2n) is 6.14. The maximum Gasteiger partial charge on any atom is 0.0502 e. The number of piperidine rings is 2. The molecule has 0 bridgehead atoms. The molecule has 2 aliphatic heterocycles. The lowest BCUT2D eigenvalue weighted by molar-refractivity contribution is 0.0704. The van der Waals surface area contributed by atoms with E-state index in [1.54, 1.807) is 0 Å². The minimum absolute atomic E-state index is 0.354. The van der Waals surface area contributed by atoms with Crippen molar-refractivity contribution in [2.24, 2.45) is 5.92 Å². The van der Waals surface area contributed by atoms with Crippen molar-refractivity contribution in [3.63, 3.8) is 0 Å². The van der Waals surface area contributed by atoms with Crippen LogP contribution in [-0.4, -0.2) is 50.3 Å². The Kier molecular flexibility index (Phi) is 4.83. The molecule has 3 heteroatoms. The number of hydrogen-bond donors (Lipinski definition) is 1. The quantitative estimate of drug-likeness (QED) is 0.812. The van der Waals surface area contributed by atoms with Crippen LogP contribution in [0.15, 0.2) is 0 Å². The van der Waals surface area contributed by atoms with Crippen LogP contribution in [-0.2, 0) is 4.74 Å². The van der Waals surface area contributed by atoms with Gasteiger partial charge in [-0.25, -0.2) is 0 Å². The van der Waals surface area contributed by atoms with Crippen LogP contribution in [0.25, 0.3) is 0 Å². The van der Waals surface area contributed by atoms with E-state index in [4.69, 9.17) is 4.74 Å². The van der Waals surface area contributed by atoms with Gasteiger partial charge in [-0.2, -0.15) is 0 Å². The molecule has 2 atom stereocenters. The van der Waals surface area contributed by atoms with E-state index in [0.29, 0.717) is 5.54 Å². The molecule has 0 spiro atoms. The minimum Gasteiger partial charge on any atom is -0.384 e. The zero-order valence-electron chi connectivity index (χ0n) is 11.5. The first kappa shape index (κ1) is 13.3. The Morgan fingerprint density at radius 2 is 2.24 bits per heavy atom. The van der Waals surface area contributed by atoms with Gasteiger partial charge in [-0.15, -0.1) is 0 Å². The second kappa shape index (κ2) is 6.17. The molecule has 1 N–H and O–H groups in total. The van der Waals surface area contributed by atoms with Gasteiger partial charge in [0.1, 0.15) is 0 Å². The molecule has 0 saturated carbocycles. The summed E-state index contributed by atoms with van der Waals surface area (Å²) >= 11 is 0. The number of hydrogen-bond acceptors (Lipinski definition) is 3. The number of nitrogens with zero attached hydrogens (tertiary/aromatic N) is 1. The summed E-state index contributed by atoms with van der Waals surface area (Å²) in [6.45, 7) is 8.24. The summed E-state index contributed by atoms with van der Waals surface area (Å²) in [5.74, 6) is 0.751. The maximum atomic E-state index is 5.30. The van der Waals surface area contributed by atoms with Crippen LogP contribution in [0.5, 0.6) is 0 Å². The average Bonchev–Trinajstić information content (AvgIpc) is 2.30. The van der Waals surface area contributed by atoms with Crippen LogP contribution in [0.1, 0.15) is 39.0 Å². The van der Waals surface area contributed by atoms with Crippen LogP contribution in [0.4, 0.5) is 0 Å². The molecule has 0 aliphatic carbocycles. The summed E-state index contributed by atoms with van der Waals surface area (Å²) in [6.07, 6.45) is 6.75. The molecule has 0 amide bonds. The number of methoxy groups -OCH3 is 1. The van der Waals surface area contributed by atoms with Gasteiger partial charge in [0.15, 0.2) is 0 Å². The highest BCUT2D eigenvalue weighted by atomic mass is 16.5. The van der Waals surface area contributed by atoms with E-state index in [9.17, 15) is 0 Å². The second-order valence-corrected chi connectivity index (χ2v) is 6.14. The van der Waals surface area contributed by atoms with Crippen LogP contribution in [0, 0.1) is 5.92 Å². The third-order valence-electron chi connectivity index (χ3n) is 4.29. The Hall–Kier alpha value is -0.120. The molecule has 2 rings (SSSR count). The third kappa shape index (κ3) is 3.94. The Morgan fingerprint density at radius 3 is 2.94 bits per heavy atom. The van der Waals surface area contributed by atoms with Crippen LogP contribution < -0.4 is 5.32 Å². The molecule has 3 nitrogen and oxygen atoms in total. The van der Waals surface area contributed by atoms with Gasteiger partial charge in [0, 0.05) is 25.7 Å². The smallest absolute Gasteiger partial charge is 0.0502 e. The topological polar surface area (TPSA) is 24.5 Å². The molecule has 2 saturated heterocycles. The highest BCUT2D eigenvalue weighted by Gasteiger charge is 2.30. The first-order chi connectivity index (χ1) is 8.22. The van der Waals surface area contributed by atoms with Gasteiger partial charge in [-0.05, 0) is 51.6 Å². The predicted molar refractivity (Wildman–Crippen MR) is 71.3 cm³/mol. The van der Waals surface area contributed by atoms with Gasteiger partial charge in [0.05, 0.1) is 6.61 Å². The summed E-state index contributed by atoms with van der Waals surface area (Å²) < 4.78 is 5.30. The number of likely N-dealkylation sites (tertiary alicyclic amines) is 1. The van der Waals surface area contributed by atoms with Gasteiger partial charge in [-0.1, -0.05) is 6.42 Å². The van der Waals surface area contributed by atoms with E-state index in [1.165, 1.54) is 58.3 Å². The Labute approximate surface area is 106 Å². The maximum absolute atomic E-state index is 5.30. The van der Waals surface area contributed by atoms with Crippen LogP contribution in [0.3, 0.4) is 0 Å². The lowest BCUT2D eigenvalue weighted by atomic mass is 9.89. The SMILES string of the molecule is COCC1CCCN(CC2(C)CCCCN2)C1. The van der Waals surface area contributed by atoms with Crippen molar-refractivity contribution in [3.05, 3.63) is 0 Å². The molecule has 0 aromatic rings. The zero-order valence-corrected chi connectivity index (χ0v) is 11.5. The molecule has 2 fully saturated rings. The lowest BCUT2D eigenvalue weighted by Crippen LogP contribution is -2.55. The molecule has 100 valence electrons. The fourth-order valence-corrected chi connectivity index (χ4v) is 3.41. The van der Waals surface area contributed by atoms with E-state index < -0.39 is 0 Å². The summed E-state index contributed by atoms with van der Waals surface area (Å²) in [7, 11) is 1.82. The van der Waals surface area contributed by atoms with Gasteiger partial charge in [0.2, 0.25) is 0 Å². The summed E-state index contributed by atoms with van der Waals surface area (Å²) in [4.78, 5) is 2.64. The van der Waals surface area contributed by atoms with Crippen molar-refractivity contribution >= 4 is 0 Å². The first-order valence-electron chi connectivity index (χ1n) is 7.18. The van der Waals surface area contributed by atoms with E-state index >= 15 is 0 Å². The predicted octanol–water partition coefficient (Wildman–Crippen LogP) is 1.88. The monoisotopic (exact) mass is 240 g/mol. The van der Waals surface area contributed by atoms with Gasteiger partial charge in [-0.3, -0.25) is 0 Å². The summed E-state index contributed by atoms with van der Waals surface area (Å²) in [5, 5.41) is 3.72. The standard InChI is InChI=1S/C14H28N2O/c1-14(7-3-4-8-15-14)12-16-9-5-6-13(10-16)11-17-2/h13,15H,3-12H2,1-2H3. The average molecular weight is 240 g/mol. The highest BCUT2D eigenvalue weighted by molar-refractivity contribution is 4.90. The molecule has 2 heterocycles. The number of ether oxygens (including phenoxy) is 1. The first-order valence-corrected chi connectivity index (χ1v) is 7.18. The van der Waals surface area contributed by atoms with Crippen LogP contribution >= 0.6 is 0 Å². The van der Waals surface area contributed by atoms with E-state index in [2.05, 4.69) is 17.1 Å². The molecular weight excluding hydrogens is 212 g/mol. The van der Waals surface area contributed by atoms with Gasteiger partial charge < -0.3 is 15.0 Å². The van der Waals surface area contributed by atoms with Crippen molar-refractivity contribution in [3.8, 4) is 0 Å². The fourth-order valence-electron chi connectivity index (χ4n) is 3.41. The van der Waals surface area contributed by atoms with Crippen molar-refractivity contribution in [1.82, 2.24) is 10.2 Å². The van der Waals surface area contributed by atoms with Crippen molar-refractivity contribution in [1.29, 1.82) is 0 Å². The van der Waals surface area contributed by atoms with E-state index in [0.717, 1.165) is 12.5 Å². The summed E-state index contributed by atoms with van der Waals surface area (Å²) in [5.41, 5.74) is 0.354. The largest absolute Gasteiger partial charge is 0.384 e. The van der Waals surface area contributed by atoms with Crippen molar-refractivity contribution in [2.45, 2.75) is 44.6 Å². The van der Waals surface area contributed by atoms with Crippen LogP contribution in [0.2, 0.25) is 0 Å². The number of nitrogens with one attached hydrogen (secondary N) is 1. The lowest BCUT2D eigenvalue weighted by Gasteiger charge is -2.42. The van der Waals surface area contributed by atoms with Gasteiger partial charge in [0.25, 0.3) is 0 Å². The molecule has 0 radical (unpaired) electrons. The minimum atomic E-state index is 0.354. The van der Waals surface area contributed by atoms with E-state index in [-0.39, 0.29) is 0 Å². The zero-order chi connectivity index (χ0) is 12.1. The summed E-state index contributed by atoms with van der Waals surface area (Å²) in [6, 6.07) is 0. The molecule has 2 unspecified atom stereocenters. The van der Waals surface area contributed by atoms with Crippen molar-refractivity contribution in [2.75, 3.05) is 39.9 Å². The van der Waals surface area contributed by atoms with E-state index in [1.807, 2.05) is 7.11 Å². The van der Waals surface area contributed by atoms with Crippen molar-refractivity contribution < 1.29 is 4.74 Å². The Bertz CT molecular complexity index is 224. The molecule has 17 heavy (non-hydrogen) atoms. The normalized spacial score (nSPS) is 36.0. The Balaban J connectivity index is 1.81. The Morgan fingerprint density at radius 1 is 1.35 bits per heavy atom.